The molecule has 0 fully saturated rings. The number of pyridine rings is 1. The molecule has 4 aromatic heterocycles. The summed E-state index contributed by atoms with van der Waals surface area (Å²) < 4.78 is 5.31. The molecule has 0 aliphatic heterocycles. The Hall–Kier alpha value is -2.41. The van der Waals surface area contributed by atoms with E-state index >= 15 is 0 Å². The van der Waals surface area contributed by atoms with Crippen LogP contribution >= 0.6 is 34.0 Å². The number of rotatable bonds is 8. The molecule has 6 aromatic rings. The van der Waals surface area contributed by atoms with Crippen molar-refractivity contribution in [2.45, 2.75) is 100 Å². The first-order valence-electron chi connectivity index (χ1n) is 16.8. The predicted molar refractivity (Wildman–Crippen MR) is 209 cm³/mol. The van der Waals surface area contributed by atoms with Crippen molar-refractivity contribution in [1.29, 1.82) is 0 Å². The summed E-state index contributed by atoms with van der Waals surface area (Å²) in [5, 5.41) is 19.7. The third-order valence-corrected chi connectivity index (χ3v) is 13.5. The molecule has 257 valence electrons. The Labute approximate surface area is 311 Å². The first kappa shape index (κ1) is 38.4. The number of carbonyl (C=O) groups is 1. The Bertz CT molecular complexity index is 2100. The molecule has 3 nitrogen and oxygen atoms in total. The van der Waals surface area contributed by atoms with Crippen LogP contribution in [-0.2, 0) is 30.3 Å². The Morgan fingerprint density at radius 2 is 1.52 bits per heavy atom. The van der Waals surface area contributed by atoms with Crippen LogP contribution in [-0.4, -0.2) is 15.9 Å². The van der Waals surface area contributed by atoms with Crippen LogP contribution in [0.15, 0.2) is 59.1 Å². The molecule has 0 atom stereocenters. The Balaban J connectivity index is 0.000000251. The molecule has 0 aliphatic carbocycles. The van der Waals surface area contributed by atoms with Gasteiger partial charge in [0.05, 0.1) is 0 Å². The molecule has 1 N–H and O–H groups in total. The molecular formula is C41H48IrNO2S3-. The van der Waals surface area contributed by atoms with Gasteiger partial charge in [-0.15, -0.1) is 46.3 Å². The Morgan fingerprint density at radius 1 is 0.875 bits per heavy atom. The number of allylic oxidation sites excluding steroid dienone is 2. The maximum Gasteiger partial charge on any atom is 0.164 e. The van der Waals surface area contributed by atoms with Crippen LogP contribution in [0, 0.1) is 23.8 Å². The predicted octanol–water partition coefficient (Wildman–Crippen LogP) is 13.6. The van der Waals surface area contributed by atoms with Gasteiger partial charge >= 0.3 is 0 Å². The van der Waals surface area contributed by atoms with Gasteiger partial charge in [0.15, 0.2) is 5.78 Å². The van der Waals surface area contributed by atoms with Crippen LogP contribution in [0.25, 0.3) is 51.6 Å². The number of nitrogens with zero attached hydrogens (tertiary/aromatic N) is 1. The third kappa shape index (κ3) is 7.23. The van der Waals surface area contributed by atoms with Crippen molar-refractivity contribution in [1.82, 2.24) is 4.98 Å². The maximum absolute atomic E-state index is 12.2. The van der Waals surface area contributed by atoms with Gasteiger partial charge in [-0.3, -0.25) is 9.78 Å². The van der Waals surface area contributed by atoms with Gasteiger partial charge in [-0.05, 0) is 93.4 Å². The largest absolute Gasteiger partial charge is 0.512 e. The number of hydrogen-bond acceptors (Lipinski definition) is 6. The fraction of sp³-hybridized carbons (Fsp3) is 0.415. The summed E-state index contributed by atoms with van der Waals surface area (Å²) in [5.74, 6) is 0.286. The molecule has 7 heteroatoms. The van der Waals surface area contributed by atoms with Crippen LogP contribution in [0.5, 0.6) is 0 Å². The van der Waals surface area contributed by atoms with E-state index in [0.29, 0.717) is 0 Å². The molecule has 0 spiro atoms. The van der Waals surface area contributed by atoms with E-state index < -0.39 is 0 Å². The minimum absolute atomic E-state index is 0. The summed E-state index contributed by atoms with van der Waals surface area (Å²) in [6, 6.07) is 15.0. The van der Waals surface area contributed by atoms with Crippen molar-refractivity contribution in [2.24, 2.45) is 10.8 Å². The van der Waals surface area contributed by atoms with E-state index in [-0.39, 0.29) is 47.9 Å². The molecule has 0 bridgehead atoms. The van der Waals surface area contributed by atoms with Crippen molar-refractivity contribution in [3.63, 3.8) is 0 Å². The third-order valence-electron chi connectivity index (χ3n) is 10.4. The number of fused-ring (bicyclic) bond motifs is 5. The van der Waals surface area contributed by atoms with Crippen LogP contribution in [0.4, 0.5) is 0 Å². The minimum Gasteiger partial charge on any atom is -0.512 e. The second kappa shape index (κ2) is 14.8. The molecule has 2 aromatic carbocycles. The van der Waals surface area contributed by atoms with E-state index in [4.69, 9.17) is 4.98 Å². The van der Waals surface area contributed by atoms with Gasteiger partial charge in [0.25, 0.3) is 0 Å². The number of hydrogen-bond donors (Lipinski definition) is 1. The quantitative estimate of drug-likeness (QED) is 0.0941. The molecule has 4 heterocycles. The molecule has 48 heavy (non-hydrogen) atoms. The van der Waals surface area contributed by atoms with Crippen molar-refractivity contribution in [3.05, 3.63) is 76.3 Å². The first-order chi connectivity index (χ1) is 22.2. The zero-order valence-electron chi connectivity index (χ0n) is 29.9. The van der Waals surface area contributed by atoms with Crippen molar-refractivity contribution in [3.8, 4) is 11.3 Å². The molecule has 6 rings (SSSR count). The number of ketones is 1. The fourth-order valence-corrected chi connectivity index (χ4v) is 9.11. The van der Waals surface area contributed by atoms with Crippen LogP contribution in [0.1, 0.15) is 99.1 Å². The van der Waals surface area contributed by atoms with E-state index in [1.54, 1.807) is 0 Å². The number of aromatic nitrogens is 1. The number of aliphatic hydroxyl groups excluding tert-OH is 1. The van der Waals surface area contributed by atoms with Crippen LogP contribution in [0.3, 0.4) is 0 Å². The molecule has 0 saturated carbocycles. The topological polar surface area (TPSA) is 50.2 Å². The standard InChI is InChI=1S/C26H20NS3.C15H28O2.Ir/c1-14-13-29-21-12-18-22(11-17(14)21)30-20-5-7-27-24(23(18)20)16-9-15-6-8-28-25(15)19(10-16)26(2,3)4;1-7-14(5,8-2)12(16)11-13(17)15(6,9-3)10-4;/h5-8,10-13H,1-4H3;11,16H,7-10H2,1-6H3;/q-1;;/b;12-11-;. The smallest absolute Gasteiger partial charge is 0.164 e. The molecule has 0 aliphatic rings. The van der Waals surface area contributed by atoms with E-state index in [1.807, 2.05) is 81.7 Å². The number of aliphatic hydroxyl groups is 1. The molecule has 1 radical (unpaired) electrons. The van der Waals surface area contributed by atoms with Gasteiger partial charge in [-0.2, -0.15) is 11.3 Å². The first-order valence-corrected chi connectivity index (χ1v) is 19.4. The SMILES string of the molecule is CCC(C)(CC)C(=O)/C=C(\O)C(C)(CC)CC.Cc1csc2cc3c(cc12)sc1ccnc(-c2[c-]c4ccsc4c(C(C)(C)C)c2)c13.[Ir]. The summed E-state index contributed by atoms with van der Waals surface area (Å²) in [7, 11) is 0. The maximum atomic E-state index is 12.2. The zero-order chi connectivity index (χ0) is 34.3. The van der Waals surface area contributed by atoms with E-state index in [0.717, 1.165) is 36.9 Å². The monoisotopic (exact) mass is 875 g/mol. The van der Waals surface area contributed by atoms with Gasteiger partial charge < -0.3 is 5.11 Å². The van der Waals surface area contributed by atoms with Gasteiger partial charge in [-0.1, -0.05) is 73.4 Å². The van der Waals surface area contributed by atoms with E-state index in [1.165, 1.54) is 57.5 Å². The fourth-order valence-electron chi connectivity index (χ4n) is 5.95. The normalized spacial score (nSPS) is 12.8. The number of benzene rings is 2. The second-order valence-corrected chi connectivity index (χ2v) is 17.2. The van der Waals surface area contributed by atoms with Crippen molar-refractivity contribution >= 4 is 80.1 Å². The summed E-state index contributed by atoms with van der Waals surface area (Å²) in [4.78, 5) is 17.1. The molecule has 0 unspecified atom stereocenters. The van der Waals surface area contributed by atoms with Gasteiger partial charge in [0, 0.05) is 63.0 Å². The summed E-state index contributed by atoms with van der Waals surface area (Å²) in [6.45, 7) is 21.1. The Morgan fingerprint density at radius 3 is 2.15 bits per heavy atom. The van der Waals surface area contributed by atoms with Crippen molar-refractivity contribution < 1.29 is 30.0 Å². The second-order valence-electron chi connectivity index (χ2n) is 14.3. The molecule has 0 saturated heterocycles. The van der Waals surface area contributed by atoms with E-state index in [2.05, 4.69) is 74.9 Å². The summed E-state index contributed by atoms with van der Waals surface area (Å²) in [6.07, 6.45) is 6.70. The Kier molecular flexibility index (Phi) is 11.9. The van der Waals surface area contributed by atoms with Gasteiger partial charge in [0.1, 0.15) is 5.76 Å². The van der Waals surface area contributed by atoms with Crippen molar-refractivity contribution in [2.75, 3.05) is 0 Å². The number of aryl methyl sites for hydroxylation is 1. The van der Waals surface area contributed by atoms with Gasteiger partial charge in [0.2, 0.25) is 0 Å². The number of carbonyl (C=O) groups excluding carboxylic acids is 1. The molecule has 0 amide bonds. The summed E-state index contributed by atoms with van der Waals surface area (Å²) >= 11 is 5.50. The average molecular weight is 875 g/mol. The zero-order valence-corrected chi connectivity index (χ0v) is 34.7. The van der Waals surface area contributed by atoms with Crippen LogP contribution in [0.2, 0.25) is 0 Å². The summed E-state index contributed by atoms with van der Waals surface area (Å²) in [5.41, 5.74) is 4.34. The van der Waals surface area contributed by atoms with Gasteiger partial charge in [-0.25, -0.2) is 0 Å². The van der Waals surface area contributed by atoms with Crippen LogP contribution < -0.4 is 0 Å². The average Bonchev–Trinajstić information content (AvgIpc) is 3.78. The molecular weight excluding hydrogens is 827 g/mol. The number of thiophene rings is 3. The van der Waals surface area contributed by atoms with E-state index in [9.17, 15) is 9.90 Å². The minimum atomic E-state index is -0.337.